The van der Waals surface area contributed by atoms with E-state index in [4.69, 9.17) is 22.1 Å². The molecule has 0 aliphatic carbocycles. The molecule has 2 aromatic rings. The smallest absolute Gasteiger partial charge is 0.261 e. The summed E-state index contributed by atoms with van der Waals surface area (Å²) in [6, 6.07) is 7.05. The topological polar surface area (TPSA) is 64.3 Å². The van der Waals surface area contributed by atoms with Gasteiger partial charge in [0.05, 0.1) is 12.0 Å². The van der Waals surface area contributed by atoms with Crippen LogP contribution in [0.25, 0.3) is 0 Å². The maximum Gasteiger partial charge on any atom is 0.261 e. The summed E-state index contributed by atoms with van der Waals surface area (Å²) in [6.07, 6.45) is 0. The predicted octanol–water partition coefficient (Wildman–Crippen LogP) is 3.23. The van der Waals surface area contributed by atoms with E-state index >= 15 is 0 Å². The normalized spacial score (nSPS) is 10.3. The molecular weight excluding hydrogens is 296 g/mol. The summed E-state index contributed by atoms with van der Waals surface area (Å²) < 4.78 is 5.23. The van der Waals surface area contributed by atoms with Crippen molar-refractivity contribution in [3.05, 3.63) is 44.6 Å². The molecule has 1 heterocycles. The van der Waals surface area contributed by atoms with Crippen molar-refractivity contribution in [2.45, 2.75) is 13.5 Å². The third-order valence-electron chi connectivity index (χ3n) is 2.90. The second-order valence-corrected chi connectivity index (χ2v) is 5.89. The summed E-state index contributed by atoms with van der Waals surface area (Å²) in [7, 11) is 1.57. The molecule has 0 fully saturated rings. The molecule has 0 aliphatic heterocycles. The van der Waals surface area contributed by atoms with Crippen molar-refractivity contribution in [2.75, 3.05) is 12.8 Å². The number of nitrogens with two attached hydrogens (primary N) is 1. The minimum Gasteiger partial charge on any atom is -0.496 e. The molecule has 0 bridgehead atoms. The van der Waals surface area contributed by atoms with Crippen LogP contribution in [0.3, 0.4) is 0 Å². The van der Waals surface area contributed by atoms with E-state index < -0.39 is 0 Å². The number of benzene rings is 1. The van der Waals surface area contributed by atoms with Gasteiger partial charge in [-0.05, 0) is 25.1 Å². The zero-order valence-corrected chi connectivity index (χ0v) is 12.8. The van der Waals surface area contributed by atoms with E-state index in [2.05, 4.69) is 5.32 Å². The Bertz CT molecular complexity index is 621. The van der Waals surface area contributed by atoms with Crippen molar-refractivity contribution in [3.8, 4) is 5.75 Å². The standard InChI is InChI=1S/C14H15ClN2O2S/c1-8-11(16)6-13(20-8)14(18)17-7-9-10(15)4-3-5-12(9)19-2/h3-6H,7,16H2,1-2H3,(H,17,18). The number of hydrogen-bond acceptors (Lipinski definition) is 4. The Balaban J connectivity index is 2.11. The molecule has 0 saturated carbocycles. The Labute approximate surface area is 126 Å². The number of amides is 1. The van der Waals surface area contributed by atoms with Crippen molar-refractivity contribution in [1.82, 2.24) is 5.32 Å². The van der Waals surface area contributed by atoms with Crippen LogP contribution in [0.5, 0.6) is 5.75 Å². The number of carbonyl (C=O) groups excluding carboxylic acids is 1. The van der Waals surface area contributed by atoms with Gasteiger partial charge in [-0.1, -0.05) is 17.7 Å². The number of anilines is 1. The summed E-state index contributed by atoms with van der Waals surface area (Å²) in [4.78, 5) is 13.6. The van der Waals surface area contributed by atoms with Crippen LogP contribution < -0.4 is 15.8 Å². The first-order chi connectivity index (χ1) is 9.52. The molecule has 0 unspecified atom stereocenters. The van der Waals surface area contributed by atoms with Crippen LogP contribution in [0, 0.1) is 6.92 Å². The average Bonchev–Trinajstić information content (AvgIpc) is 2.77. The molecule has 1 aromatic heterocycles. The number of halogens is 1. The fourth-order valence-corrected chi connectivity index (χ4v) is 2.86. The molecule has 106 valence electrons. The molecule has 0 radical (unpaired) electrons. The maximum absolute atomic E-state index is 12.1. The summed E-state index contributed by atoms with van der Waals surface area (Å²) >= 11 is 7.49. The molecule has 2 rings (SSSR count). The number of rotatable bonds is 4. The van der Waals surface area contributed by atoms with E-state index in [-0.39, 0.29) is 5.91 Å². The van der Waals surface area contributed by atoms with E-state index in [0.29, 0.717) is 27.9 Å². The van der Waals surface area contributed by atoms with Crippen molar-refractivity contribution in [1.29, 1.82) is 0 Å². The van der Waals surface area contributed by atoms with E-state index in [9.17, 15) is 4.79 Å². The first kappa shape index (κ1) is 14.7. The van der Waals surface area contributed by atoms with Crippen LogP contribution in [-0.4, -0.2) is 13.0 Å². The third-order valence-corrected chi connectivity index (χ3v) is 4.32. The lowest BCUT2D eigenvalue weighted by atomic mass is 10.2. The summed E-state index contributed by atoms with van der Waals surface area (Å²) in [6.45, 7) is 2.19. The summed E-state index contributed by atoms with van der Waals surface area (Å²) in [5, 5.41) is 3.38. The van der Waals surface area contributed by atoms with Gasteiger partial charge in [0, 0.05) is 27.7 Å². The highest BCUT2D eigenvalue weighted by atomic mass is 35.5. The SMILES string of the molecule is COc1cccc(Cl)c1CNC(=O)c1cc(N)c(C)s1. The molecule has 3 N–H and O–H groups in total. The van der Waals surface area contributed by atoms with Crippen molar-refractivity contribution < 1.29 is 9.53 Å². The lowest BCUT2D eigenvalue weighted by Gasteiger charge is -2.10. The van der Waals surface area contributed by atoms with Gasteiger partial charge in [0.25, 0.3) is 5.91 Å². The van der Waals surface area contributed by atoms with Crippen LogP contribution in [0.2, 0.25) is 5.02 Å². The number of nitrogens with one attached hydrogen (secondary N) is 1. The highest BCUT2D eigenvalue weighted by Gasteiger charge is 2.13. The summed E-state index contributed by atoms with van der Waals surface area (Å²) in [5.74, 6) is 0.483. The van der Waals surface area contributed by atoms with Gasteiger partial charge in [0.2, 0.25) is 0 Å². The molecule has 1 aromatic carbocycles. The van der Waals surface area contributed by atoms with Crippen LogP contribution in [0.15, 0.2) is 24.3 Å². The second kappa shape index (κ2) is 6.15. The largest absolute Gasteiger partial charge is 0.496 e. The fourth-order valence-electron chi connectivity index (χ4n) is 1.77. The molecule has 20 heavy (non-hydrogen) atoms. The average molecular weight is 311 g/mol. The second-order valence-electron chi connectivity index (χ2n) is 4.23. The van der Waals surface area contributed by atoms with Gasteiger partial charge in [-0.3, -0.25) is 4.79 Å². The van der Waals surface area contributed by atoms with Crippen molar-refractivity contribution >= 4 is 34.5 Å². The number of hydrogen-bond donors (Lipinski definition) is 2. The molecular formula is C14H15ClN2O2S. The van der Waals surface area contributed by atoms with Crippen molar-refractivity contribution in [3.63, 3.8) is 0 Å². The van der Waals surface area contributed by atoms with Crippen LogP contribution in [0.1, 0.15) is 20.1 Å². The zero-order chi connectivity index (χ0) is 14.7. The van der Waals surface area contributed by atoms with Gasteiger partial charge in [-0.25, -0.2) is 0 Å². The minimum absolute atomic E-state index is 0.170. The molecule has 0 spiro atoms. The number of nitrogen functional groups attached to an aromatic ring is 1. The Morgan fingerprint density at radius 2 is 2.25 bits per heavy atom. The highest BCUT2D eigenvalue weighted by molar-refractivity contribution is 7.14. The van der Waals surface area contributed by atoms with Gasteiger partial charge in [-0.2, -0.15) is 0 Å². The fraction of sp³-hybridized carbons (Fsp3) is 0.214. The molecule has 6 heteroatoms. The van der Waals surface area contributed by atoms with E-state index in [1.807, 2.05) is 6.92 Å². The monoisotopic (exact) mass is 310 g/mol. The van der Waals surface area contributed by atoms with Gasteiger partial charge in [0.1, 0.15) is 5.75 Å². The quantitative estimate of drug-likeness (QED) is 0.911. The number of thiophene rings is 1. The third kappa shape index (κ3) is 3.05. The van der Waals surface area contributed by atoms with Gasteiger partial charge in [0.15, 0.2) is 0 Å². The molecule has 4 nitrogen and oxygen atoms in total. The van der Waals surface area contributed by atoms with E-state index in [0.717, 1.165) is 10.4 Å². The predicted molar refractivity (Wildman–Crippen MR) is 82.6 cm³/mol. The molecule has 0 saturated heterocycles. The number of aryl methyl sites for hydroxylation is 1. The van der Waals surface area contributed by atoms with E-state index in [1.165, 1.54) is 11.3 Å². The van der Waals surface area contributed by atoms with Crippen LogP contribution in [0.4, 0.5) is 5.69 Å². The molecule has 1 amide bonds. The first-order valence-electron chi connectivity index (χ1n) is 5.98. The maximum atomic E-state index is 12.1. The zero-order valence-electron chi connectivity index (χ0n) is 11.2. The Morgan fingerprint density at radius 1 is 1.50 bits per heavy atom. The van der Waals surface area contributed by atoms with Crippen LogP contribution in [-0.2, 0) is 6.54 Å². The number of methoxy groups -OCH3 is 1. The first-order valence-corrected chi connectivity index (χ1v) is 7.18. The number of ether oxygens (including phenoxy) is 1. The summed E-state index contributed by atoms with van der Waals surface area (Å²) in [5.41, 5.74) is 7.14. The Morgan fingerprint density at radius 3 is 2.85 bits per heavy atom. The Kier molecular flexibility index (Phi) is 4.52. The molecule has 0 atom stereocenters. The van der Waals surface area contributed by atoms with Gasteiger partial charge in [-0.15, -0.1) is 11.3 Å². The lowest BCUT2D eigenvalue weighted by Crippen LogP contribution is -2.22. The van der Waals surface area contributed by atoms with Crippen molar-refractivity contribution in [2.24, 2.45) is 0 Å². The van der Waals surface area contributed by atoms with Crippen LogP contribution >= 0.6 is 22.9 Å². The van der Waals surface area contributed by atoms with E-state index in [1.54, 1.807) is 31.4 Å². The highest BCUT2D eigenvalue weighted by Crippen LogP contribution is 2.27. The lowest BCUT2D eigenvalue weighted by molar-refractivity contribution is 0.0955. The van der Waals surface area contributed by atoms with Gasteiger partial charge < -0.3 is 15.8 Å². The number of carbonyl (C=O) groups is 1. The minimum atomic E-state index is -0.170. The Hall–Kier alpha value is -1.72. The molecule has 0 aliphatic rings. The van der Waals surface area contributed by atoms with Gasteiger partial charge >= 0.3 is 0 Å².